The lowest BCUT2D eigenvalue weighted by Gasteiger charge is -2.05. The van der Waals surface area contributed by atoms with E-state index in [0.29, 0.717) is 0 Å². The van der Waals surface area contributed by atoms with Gasteiger partial charge in [0, 0.05) is 18.9 Å². The molecular weight excluding hydrogens is 128 g/mol. The fourth-order valence-corrected chi connectivity index (χ4v) is 0.956. The monoisotopic (exact) mass is 140 g/mol. The molecule has 1 aromatic heterocycles. The van der Waals surface area contributed by atoms with Crippen molar-refractivity contribution in [2.45, 2.75) is 26.5 Å². The molecule has 0 aliphatic heterocycles. The maximum absolute atomic E-state index is 9.14. The maximum Gasteiger partial charge on any atom is 0.137 e. The van der Waals surface area contributed by atoms with Crippen LogP contribution < -0.4 is 0 Å². The molecule has 56 valence electrons. The van der Waals surface area contributed by atoms with Gasteiger partial charge in [0.05, 0.1) is 0 Å². The number of hydrogen-bond acceptors (Lipinski definition) is 2. The van der Waals surface area contributed by atoms with E-state index < -0.39 is 6.10 Å². The highest BCUT2D eigenvalue weighted by Gasteiger charge is 2.05. The fraction of sp³-hybridized carbons (Fsp3) is 0.571. The van der Waals surface area contributed by atoms with E-state index in [4.69, 9.17) is 5.11 Å². The molecule has 1 aromatic rings. The van der Waals surface area contributed by atoms with Crippen LogP contribution in [0.1, 0.15) is 25.8 Å². The highest BCUT2D eigenvalue weighted by molar-refractivity contribution is 4.94. The van der Waals surface area contributed by atoms with Gasteiger partial charge < -0.3 is 9.67 Å². The molecule has 0 spiro atoms. The van der Waals surface area contributed by atoms with Crippen LogP contribution in [0, 0.1) is 0 Å². The van der Waals surface area contributed by atoms with Gasteiger partial charge in [0.25, 0.3) is 0 Å². The fourth-order valence-electron chi connectivity index (χ4n) is 0.956. The van der Waals surface area contributed by atoms with E-state index in [1.165, 1.54) is 0 Å². The van der Waals surface area contributed by atoms with Crippen LogP contribution in [0.15, 0.2) is 12.4 Å². The average molecular weight is 140 g/mol. The van der Waals surface area contributed by atoms with E-state index in [9.17, 15) is 0 Å². The lowest BCUT2D eigenvalue weighted by Crippen LogP contribution is -2.03. The summed E-state index contributed by atoms with van der Waals surface area (Å²) in [5.41, 5.74) is 0. The molecule has 0 aliphatic rings. The Kier molecular flexibility index (Phi) is 2.06. The first-order valence-electron chi connectivity index (χ1n) is 3.44. The molecule has 0 radical (unpaired) electrons. The van der Waals surface area contributed by atoms with E-state index in [1.54, 1.807) is 13.1 Å². The summed E-state index contributed by atoms with van der Waals surface area (Å²) in [5, 5.41) is 9.14. The molecule has 1 atom stereocenters. The Balaban J connectivity index is 2.90. The summed E-state index contributed by atoms with van der Waals surface area (Å²) >= 11 is 0. The number of imidazole rings is 1. The first-order chi connectivity index (χ1) is 4.75. The van der Waals surface area contributed by atoms with Crippen molar-refractivity contribution < 1.29 is 5.11 Å². The Hall–Kier alpha value is -0.830. The molecule has 1 heterocycles. The molecule has 0 saturated heterocycles. The highest BCUT2D eigenvalue weighted by Crippen LogP contribution is 2.07. The van der Waals surface area contributed by atoms with Crippen LogP contribution in [0.5, 0.6) is 0 Å². The molecule has 0 bridgehead atoms. The lowest BCUT2D eigenvalue weighted by molar-refractivity contribution is 0.184. The van der Waals surface area contributed by atoms with Crippen LogP contribution in [0.2, 0.25) is 0 Å². The van der Waals surface area contributed by atoms with Gasteiger partial charge in [-0.3, -0.25) is 0 Å². The second-order valence-electron chi connectivity index (χ2n) is 2.25. The summed E-state index contributed by atoms with van der Waals surface area (Å²) in [6, 6.07) is 0. The van der Waals surface area contributed by atoms with Crippen LogP contribution >= 0.6 is 0 Å². The zero-order valence-corrected chi connectivity index (χ0v) is 6.28. The van der Waals surface area contributed by atoms with E-state index in [2.05, 4.69) is 4.98 Å². The largest absolute Gasteiger partial charge is 0.385 e. The number of aryl methyl sites for hydroxylation is 1. The van der Waals surface area contributed by atoms with E-state index in [1.807, 2.05) is 17.7 Å². The summed E-state index contributed by atoms with van der Waals surface area (Å²) in [6.07, 6.45) is 3.10. The summed E-state index contributed by atoms with van der Waals surface area (Å²) in [6.45, 7) is 4.60. The molecule has 0 aromatic carbocycles. The van der Waals surface area contributed by atoms with Gasteiger partial charge >= 0.3 is 0 Å². The molecule has 3 heteroatoms. The molecule has 3 nitrogen and oxygen atoms in total. The molecule has 1 N–H and O–H groups in total. The molecule has 1 rings (SSSR count). The Morgan fingerprint density at radius 1 is 1.80 bits per heavy atom. The number of aromatic nitrogens is 2. The van der Waals surface area contributed by atoms with Gasteiger partial charge in [-0.15, -0.1) is 0 Å². The predicted octanol–water partition coefficient (Wildman–Crippen LogP) is 0.956. The minimum absolute atomic E-state index is 0.463. The van der Waals surface area contributed by atoms with Crippen LogP contribution in [0.3, 0.4) is 0 Å². The third-order valence-electron chi connectivity index (χ3n) is 1.46. The molecule has 0 fully saturated rings. The molecule has 0 saturated carbocycles. The molecule has 0 unspecified atom stereocenters. The van der Waals surface area contributed by atoms with Gasteiger partial charge in [0.15, 0.2) is 0 Å². The van der Waals surface area contributed by atoms with Crippen LogP contribution in [0.25, 0.3) is 0 Å². The second-order valence-corrected chi connectivity index (χ2v) is 2.25. The van der Waals surface area contributed by atoms with Crippen molar-refractivity contribution in [2.24, 2.45) is 0 Å². The Labute approximate surface area is 60.3 Å². The topological polar surface area (TPSA) is 38.0 Å². The van der Waals surface area contributed by atoms with Crippen molar-refractivity contribution in [3.05, 3.63) is 18.2 Å². The zero-order valence-electron chi connectivity index (χ0n) is 6.28. The van der Waals surface area contributed by atoms with Crippen molar-refractivity contribution in [3.63, 3.8) is 0 Å². The Morgan fingerprint density at radius 2 is 2.50 bits per heavy atom. The number of rotatable bonds is 2. The van der Waals surface area contributed by atoms with E-state index in [0.717, 1.165) is 12.4 Å². The Bertz CT molecular complexity index is 205. The van der Waals surface area contributed by atoms with E-state index in [-0.39, 0.29) is 0 Å². The SMILES string of the molecule is CCn1ccnc1[C@H](C)O. The van der Waals surface area contributed by atoms with Crippen molar-refractivity contribution in [1.29, 1.82) is 0 Å². The average Bonchev–Trinajstić information content (AvgIpc) is 2.33. The minimum Gasteiger partial charge on any atom is -0.385 e. The van der Waals surface area contributed by atoms with Crippen LogP contribution in [-0.4, -0.2) is 14.7 Å². The molecule has 0 amide bonds. The zero-order chi connectivity index (χ0) is 7.56. The standard InChI is InChI=1S/C7H12N2O/c1-3-9-5-4-8-7(9)6(2)10/h4-6,10H,3H2,1-2H3/t6-/m0/s1. The van der Waals surface area contributed by atoms with Gasteiger partial charge in [-0.05, 0) is 13.8 Å². The predicted molar refractivity (Wildman–Crippen MR) is 38.5 cm³/mol. The van der Waals surface area contributed by atoms with Gasteiger partial charge in [0.1, 0.15) is 11.9 Å². The van der Waals surface area contributed by atoms with Crippen LogP contribution in [0.4, 0.5) is 0 Å². The lowest BCUT2D eigenvalue weighted by atomic mass is 10.4. The van der Waals surface area contributed by atoms with Crippen LogP contribution in [-0.2, 0) is 6.54 Å². The first-order valence-corrected chi connectivity index (χ1v) is 3.44. The summed E-state index contributed by atoms with van der Waals surface area (Å²) < 4.78 is 1.92. The summed E-state index contributed by atoms with van der Waals surface area (Å²) in [7, 11) is 0. The van der Waals surface area contributed by atoms with Gasteiger partial charge in [0.2, 0.25) is 0 Å². The van der Waals surface area contributed by atoms with Crippen molar-refractivity contribution in [2.75, 3.05) is 0 Å². The van der Waals surface area contributed by atoms with Crippen molar-refractivity contribution in [1.82, 2.24) is 9.55 Å². The molecule has 10 heavy (non-hydrogen) atoms. The normalized spacial score (nSPS) is 13.5. The molecular formula is C7H12N2O. The van der Waals surface area contributed by atoms with Crippen molar-refractivity contribution >= 4 is 0 Å². The smallest absolute Gasteiger partial charge is 0.137 e. The number of hydrogen-bond donors (Lipinski definition) is 1. The summed E-state index contributed by atoms with van der Waals surface area (Å²) in [4.78, 5) is 4.00. The minimum atomic E-state index is -0.463. The number of aliphatic hydroxyl groups excluding tert-OH is 1. The summed E-state index contributed by atoms with van der Waals surface area (Å²) in [5.74, 6) is 0.738. The first kappa shape index (κ1) is 7.28. The third kappa shape index (κ3) is 1.19. The maximum atomic E-state index is 9.14. The van der Waals surface area contributed by atoms with Gasteiger partial charge in [-0.1, -0.05) is 0 Å². The number of aliphatic hydroxyl groups is 1. The van der Waals surface area contributed by atoms with E-state index >= 15 is 0 Å². The van der Waals surface area contributed by atoms with Gasteiger partial charge in [-0.25, -0.2) is 4.98 Å². The van der Waals surface area contributed by atoms with Gasteiger partial charge in [-0.2, -0.15) is 0 Å². The third-order valence-corrected chi connectivity index (χ3v) is 1.46. The quantitative estimate of drug-likeness (QED) is 0.664. The van der Waals surface area contributed by atoms with Crippen molar-refractivity contribution in [3.8, 4) is 0 Å². The second kappa shape index (κ2) is 2.84. The molecule has 0 aliphatic carbocycles. The Morgan fingerprint density at radius 3 is 2.90 bits per heavy atom. The number of nitrogens with zero attached hydrogens (tertiary/aromatic N) is 2. The highest BCUT2D eigenvalue weighted by atomic mass is 16.3.